The van der Waals surface area contributed by atoms with Gasteiger partial charge in [-0.1, -0.05) is 6.07 Å². The third kappa shape index (κ3) is 6.63. The first-order valence-corrected chi connectivity index (χ1v) is 7.96. The second-order valence-electron chi connectivity index (χ2n) is 5.45. The second-order valence-corrected chi connectivity index (χ2v) is 5.45. The van der Waals surface area contributed by atoms with Crippen LogP contribution >= 0.6 is 0 Å². The number of amides is 3. The van der Waals surface area contributed by atoms with Gasteiger partial charge in [-0.2, -0.15) is 18.3 Å². The fourth-order valence-corrected chi connectivity index (χ4v) is 2.02. The minimum atomic E-state index is -4.52. The molecule has 0 fully saturated rings. The maximum atomic E-state index is 12.6. The molecule has 3 amide bonds. The molecule has 0 unspecified atom stereocenters. The molecule has 0 aliphatic rings. The molecule has 0 radical (unpaired) electrons. The Morgan fingerprint density at radius 1 is 1.14 bits per heavy atom. The minimum Gasteiger partial charge on any atom is -0.497 e. The number of halogens is 3. The summed E-state index contributed by atoms with van der Waals surface area (Å²) in [4.78, 5) is 23.3. The van der Waals surface area contributed by atoms with Crippen LogP contribution in [0.1, 0.15) is 11.1 Å². The molecule has 10 heteroatoms. The van der Waals surface area contributed by atoms with Crippen LogP contribution in [0, 0.1) is 0 Å². The Morgan fingerprint density at radius 3 is 2.50 bits per heavy atom. The zero-order chi connectivity index (χ0) is 20.6. The average molecular weight is 394 g/mol. The molecular weight excluding hydrogens is 377 g/mol. The Bertz CT molecular complexity index is 852. The van der Waals surface area contributed by atoms with E-state index in [4.69, 9.17) is 4.74 Å². The lowest BCUT2D eigenvalue weighted by Gasteiger charge is -2.10. The quantitative estimate of drug-likeness (QED) is 0.520. The predicted molar refractivity (Wildman–Crippen MR) is 97.2 cm³/mol. The van der Waals surface area contributed by atoms with E-state index in [1.165, 1.54) is 18.3 Å². The number of nitrogens with one attached hydrogen (secondary N) is 3. The van der Waals surface area contributed by atoms with Crippen molar-refractivity contribution in [2.45, 2.75) is 6.18 Å². The van der Waals surface area contributed by atoms with Crippen LogP contribution in [-0.2, 0) is 11.0 Å². The summed E-state index contributed by atoms with van der Waals surface area (Å²) in [6, 6.07) is 10.2. The molecule has 0 atom stereocenters. The molecule has 28 heavy (non-hydrogen) atoms. The minimum absolute atomic E-state index is 0.0507. The summed E-state index contributed by atoms with van der Waals surface area (Å²) in [5, 5.41) is 8.18. The van der Waals surface area contributed by atoms with Crippen molar-refractivity contribution >= 4 is 23.8 Å². The van der Waals surface area contributed by atoms with Crippen LogP contribution in [-0.4, -0.2) is 31.8 Å². The van der Waals surface area contributed by atoms with Crippen molar-refractivity contribution in [2.24, 2.45) is 5.10 Å². The first-order chi connectivity index (χ1) is 13.3. The number of ether oxygens (including phenoxy) is 1. The van der Waals surface area contributed by atoms with Crippen LogP contribution in [0.15, 0.2) is 53.6 Å². The largest absolute Gasteiger partial charge is 0.497 e. The first kappa shape index (κ1) is 20.7. The van der Waals surface area contributed by atoms with Gasteiger partial charge in [0.2, 0.25) is 0 Å². The molecule has 0 heterocycles. The predicted octanol–water partition coefficient (Wildman–Crippen LogP) is 2.99. The molecule has 0 saturated carbocycles. The average Bonchev–Trinajstić information content (AvgIpc) is 2.66. The summed E-state index contributed by atoms with van der Waals surface area (Å²) in [5.41, 5.74) is 1.99. The number of carbonyl (C=O) groups excluding carboxylic acids is 2. The van der Waals surface area contributed by atoms with E-state index >= 15 is 0 Å². The fraction of sp³-hybridized carbons (Fsp3) is 0.167. The Kier molecular flexibility index (Phi) is 6.96. The standard InChI is InChI=1S/C18H17F3N4O3/c1-28-15-7-5-12(6-8-15)10-23-25-16(26)11-22-17(27)24-14-4-2-3-13(9-14)18(19,20)21/h2-10H,11H2,1H3,(H,25,26)(H2,22,24,27)/b23-10+. The van der Waals surface area contributed by atoms with Gasteiger partial charge in [0, 0.05) is 5.69 Å². The zero-order valence-electron chi connectivity index (χ0n) is 14.7. The summed E-state index contributed by atoms with van der Waals surface area (Å²) >= 11 is 0. The number of alkyl halides is 3. The van der Waals surface area contributed by atoms with Crippen molar-refractivity contribution in [1.82, 2.24) is 10.7 Å². The van der Waals surface area contributed by atoms with Crippen molar-refractivity contribution in [3.8, 4) is 5.75 Å². The zero-order valence-corrected chi connectivity index (χ0v) is 14.7. The molecule has 0 spiro atoms. The number of hydrogen-bond donors (Lipinski definition) is 3. The summed E-state index contributed by atoms with van der Waals surface area (Å²) in [5.74, 6) is 0.0705. The summed E-state index contributed by atoms with van der Waals surface area (Å²) in [6.07, 6.45) is -3.12. The third-order valence-corrected chi connectivity index (χ3v) is 3.38. The Morgan fingerprint density at radius 2 is 1.86 bits per heavy atom. The molecule has 2 aromatic carbocycles. The first-order valence-electron chi connectivity index (χ1n) is 7.96. The van der Waals surface area contributed by atoms with Crippen LogP contribution in [0.5, 0.6) is 5.75 Å². The number of hydrogen-bond acceptors (Lipinski definition) is 4. The molecule has 2 rings (SSSR count). The van der Waals surface area contributed by atoms with Gasteiger partial charge in [0.25, 0.3) is 5.91 Å². The monoisotopic (exact) mass is 394 g/mol. The molecule has 0 aliphatic carbocycles. The van der Waals surface area contributed by atoms with Gasteiger partial charge in [-0.15, -0.1) is 0 Å². The van der Waals surface area contributed by atoms with Crippen LogP contribution in [0.2, 0.25) is 0 Å². The fourth-order valence-electron chi connectivity index (χ4n) is 2.02. The van der Waals surface area contributed by atoms with Gasteiger partial charge in [0.05, 0.1) is 18.9 Å². The van der Waals surface area contributed by atoms with E-state index < -0.39 is 30.2 Å². The number of benzene rings is 2. The summed E-state index contributed by atoms with van der Waals surface area (Å²) in [6.45, 7) is -0.412. The van der Waals surface area contributed by atoms with Crippen molar-refractivity contribution in [1.29, 1.82) is 0 Å². The second kappa shape index (κ2) is 9.40. The molecular formula is C18H17F3N4O3. The van der Waals surface area contributed by atoms with Crippen molar-refractivity contribution in [3.63, 3.8) is 0 Å². The molecule has 0 aliphatic heterocycles. The number of methoxy groups -OCH3 is 1. The normalized spacial score (nSPS) is 11.1. The lowest BCUT2D eigenvalue weighted by Crippen LogP contribution is -2.37. The van der Waals surface area contributed by atoms with Gasteiger partial charge >= 0.3 is 12.2 Å². The molecule has 3 N–H and O–H groups in total. The van der Waals surface area contributed by atoms with Crippen LogP contribution in [0.25, 0.3) is 0 Å². The molecule has 2 aromatic rings. The smallest absolute Gasteiger partial charge is 0.416 e. The van der Waals surface area contributed by atoms with E-state index in [9.17, 15) is 22.8 Å². The molecule has 148 valence electrons. The van der Waals surface area contributed by atoms with Gasteiger partial charge in [0.1, 0.15) is 12.3 Å². The topological polar surface area (TPSA) is 91.8 Å². The van der Waals surface area contributed by atoms with Gasteiger partial charge in [0.15, 0.2) is 0 Å². The third-order valence-electron chi connectivity index (χ3n) is 3.38. The van der Waals surface area contributed by atoms with E-state index in [1.54, 1.807) is 31.4 Å². The van der Waals surface area contributed by atoms with Crippen LogP contribution in [0.3, 0.4) is 0 Å². The van der Waals surface area contributed by atoms with E-state index in [0.717, 1.165) is 17.7 Å². The lowest BCUT2D eigenvalue weighted by molar-refractivity contribution is -0.137. The molecule has 0 bridgehead atoms. The van der Waals surface area contributed by atoms with E-state index in [-0.39, 0.29) is 5.69 Å². The van der Waals surface area contributed by atoms with Crippen LogP contribution < -0.4 is 20.8 Å². The van der Waals surface area contributed by atoms with Gasteiger partial charge in [-0.25, -0.2) is 10.2 Å². The number of nitrogens with zero attached hydrogens (tertiary/aromatic N) is 1. The van der Waals surface area contributed by atoms with E-state index in [1.807, 2.05) is 0 Å². The summed E-state index contributed by atoms with van der Waals surface area (Å²) < 4.78 is 42.9. The maximum Gasteiger partial charge on any atom is 0.416 e. The van der Waals surface area contributed by atoms with Crippen LogP contribution in [0.4, 0.5) is 23.7 Å². The number of hydrazone groups is 1. The van der Waals surface area contributed by atoms with Gasteiger partial charge in [-0.3, -0.25) is 4.79 Å². The SMILES string of the molecule is COc1ccc(/C=N/NC(=O)CNC(=O)Nc2cccc(C(F)(F)F)c2)cc1. The van der Waals surface area contributed by atoms with E-state index in [0.29, 0.717) is 5.75 Å². The highest BCUT2D eigenvalue weighted by Gasteiger charge is 2.30. The Hall–Kier alpha value is -3.56. The molecule has 0 saturated heterocycles. The Labute approximate surface area is 158 Å². The highest BCUT2D eigenvalue weighted by molar-refractivity contribution is 5.92. The maximum absolute atomic E-state index is 12.6. The highest BCUT2D eigenvalue weighted by atomic mass is 19.4. The number of urea groups is 1. The van der Waals surface area contributed by atoms with Gasteiger partial charge in [-0.05, 0) is 48.0 Å². The number of rotatable bonds is 6. The highest BCUT2D eigenvalue weighted by Crippen LogP contribution is 2.30. The Balaban J connectivity index is 1.77. The lowest BCUT2D eigenvalue weighted by atomic mass is 10.2. The molecule has 7 nitrogen and oxygen atoms in total. The van der Waals surface area contributed by atoms with Gasteiger partial charge < -0.3 is 15.4 Å². The van der Waals surface area contributed by atoms with Crippen molar-refractivity contribution in [3.05, 3.63) is 59.7 Å². The number of anilines is 1. The van der Waals surface area contributed by atoms with Crippen molar-refractivity contribution < 1.29 is 27.5 Å². The summed E-state index contributed by atoms with van der Waals surface area (Å²) in [7, 11) is 1.54. The van der Waals surface area contributed by atoms with E-state index in [2.05, 4.69) is 21.2 Å². The van der Waals surface area contributed by atoms with Crippen molar-refractivity contribution in [2.75, 3.05) is 19.0 Å². The number of carbonyl (C=O) groups is 2. The molecule has 0 aromatic heterocycles.